The molecule has 1 aliphatic heterocycles. The van der Waals surface area contributed by atoms with E-state index < -0.39 is 0 Å². The molecule has 76 valence electrons. The number of benzene rings is 1. The summed E-state index contributed by atoms with van der Waals surface area (Å²) in [5.41, 5.74) is 7.08. The van der Waals surface area contributed by atoms with Crippen molar-refractivity contribution < 1.29 is 0 Å². The van der Waals surface area contributed by atoms with E-state index in [4.69, 9.17) is 5.73 Å². The van der Waals surface area contributed by atoms with Crippen molar-refractivity contribution in [3.63, 3.8) is 0 Å². The van der Waals surface area contributed by atoms with Gasteiger partial charge in [0.05, 0.1) is 0 Å². The molecule has 0 saturated carbocycles. The normalized spacial score (nSPS) is 27.5. The fourth-order valence-corrected chi connectivity index (χ4v) is 2.13. The first kappa shape index (κ1) is 9.69. The van der Waals surface area contributed by atoms with Crippen molar-refractivity contribution in [2.45, 2.75) is 24.8 Å². The lowest BCUT2D eigenvalue weighted by atomic mass is 9.89. The average Bonchev–Trinajstić information content (AvgIpc) is 2.30. The van der Waals surface area contributed by atoms with Crippen molar-refractivity contribution in [3.05, 3.63) is 35.9 Å². The third kappa shape index (κ3) is 2.14. The minimum atomic E-state index is 0.537. The van der Waals surface area contributed by atoms with Gasteiger partial charge >= 0.3 is 0 Å². The molecular formula is C12H18N2. The highest BCUT2D eigenvalue weighted by molar-refractivity contribution is 5.20. The molecule has 1 aromatic rings. The molecule has 1 saturated heterocycles. The molecule has 1 aliphatic rings. The molecule has 0 aliphatic carbocycles. The summed E-state index contributed by atoms with van der Waals surface area (Å²) in [4.78, 5) is 0. The molecule has 0 aromatic heterocycles. The molecule has 1 aromatic carbocycles. The number of hydrogen-bond acceptors (Lipinski definition) is 2. The summed E-state index contributed by atoms with van der Waals surface area (Å²) in [7, 11) is 0. The molecule has 3 N–H and O–H groups in total. The largest absolute Gasteiger partial charge is 0.329 e. The maximum atomic E-state index is 5.62. The van der Waals surface area contributed by atoms with Crippen LogP contribution < -0.4 is 11.1 Å². The highest BCUT2D eigenvalue weighted by Crippen LogP contribution is 2.24. The lowest BCUT2D eigenvalue weighted by Crippen LogP contribution is -2.42. The highest BCUT2D eigenvalue weighted by Gasteiger charge is 2.20. The summed E-state index contributed by atoms with van der Waals surface area (Å²) in [6.45, 7) is 1.84. The van der Waals surface area contributed by atoms with Crippen LogP contribution in [-0.2, 0) is 0 Å². The van der Waals surface area contributed by atoms with E-state index in [2.05, 4.69) is 35.6 Å². The molecule has 0 bridgehead atoms. The Morgan fingerprint density at radius 3 is 2.57 bits per heavy atom. The molecule has 0 spiro atoms. The minimum absolute atomic E-state index is 0.537. The van der Waals surface area contributed by atoms with Gasteiger partial charge in [0.15, 0.2) is 0 Å². The second kappa shape index (κ2) is 4.58. The van der Waals surface area contributed by atoms with Gasteiger partial charge in [0.2, 0.25) is 0 Å². The standard InChI is InChI=1S/C12H18N2/c13-8-12-7-6-11(9-14-12)10-4-2-1-3-5-10/h1-5,11-12,14H,6-9,13H2. The Morgan fingerprint density at radius 2 is 2.00 bits per heavy atom. The van der Waals surface area contributed by atoms with Crippen molar-refractivity contribution in [3.8, 4) is 0 Å². The number of nitrogens with one attached hydrogen (secondary N) is 1. The lowest BCUT2D eigenvalue weighted by molar-refractivity contribution is 0.371. The van der Waals surface area contributed by atoms with Gasteiger partial charge in [-0.25, -0.2) is 0 Å². The average molecular weight is 190 g/mol. The quantitative estimate of drug-likeness (QED) is 0.741. The Morgan fingerprint density at radius 1 is 1.21 bits per heavy atom. The SMILES string of the molecule is NCC1CCC(c2ccccc2)CN1. The van der Waals surface area contributed by atoms with Gasteiger partial charge in [0.1, 0.15) is 0 Å². The van der Waals surface area contributed by atoms with Gasteiger partial charge in [-0.1, -0.05) is 30.3 Å². The van der Waals surface area contributed by atoms with Crippen molar-refractivity contribution in [2.75, 3.05) is 13.1 Å². The smallest absolute Gasteiger partial charge is 0.0190 e. The van der Waals surface area contributed by atoms with Crippen LogP contribution in [0.25, 0.3) is 0 Å². The van der Waals surface area contributed by atoms with Crippen LogP contribution in [-0.4, -0.2) is 19.1 Å². The maximum absolute atomic E-state index is 5.62. The molecule has 1 fully saturated rings. The van der Waals surface area contributed by atoms with Crippen LogP contribution >= 0.6 is 0 Å². The van der Waals surface area contributed by atoms with Crippen LogP contribution in [0.15, 0.2) is 30.3 Å². The Balaban J connectivity index is 1.96. The van der Waals surface area contributed by atoms with E-state index in [-0.39, 0.29) is 0 Å². The third-order valence-electron chi connectivity index (χ3n) is 3.07. The predicted octanol–water partition coefficient (Wildman–Crippen LogP) is 1.48. The fourth-order valence-electron chi connectivity index (χ4n) is 2.13. The molecule has 2 unspecified atom stereocenters. The van der Waals surface area contributed by atoms with Gasteiger partial charge in [-0.05, 0) is 24.3 Å². The summed E-state index contributed by atoms with van der Waals surface area (Å²) >= 11 is 0. The second-order valence-electron chi connectivity index (χ2n) is 4.03. The van der Waals surface area contributed by atoms with Crippen molar-refractivity contribution in [2.24, 2.45) is 5.73 Å². The fraction of sp³-hybridized carbons (Fsp3) is 0.500. The third-order valence-corrected chi connectivity index (χ3v) is 3.07. The monoisotopic (exact) mass is 190 g/mol. The Kier molecular flexibility index (Phi) is 3.17. The van der Waals surface area contributed by atoms with Crippen LogP contribution in [0, 0.1) is 0 Å². The number of rotatable bonds is 2. The van der Waals surface area contributed by atoms with Gasteiger partial charge in [-0.2, -0.15) is 0 Å². The zero-order chi connectivity index (χ0) is 9.80. The van der Waals surface area contributed by atoms with Gasteiger partial charge in [0.25, 0.3) is 0 Å². The summed E-state index contributed by atoms with van der Waals surface area (Å²) in [5.74, 6) is 0.680. The van der Waals surface area contributed by atoms with Crippen LogP contribution in [0.1, 0.15) is 24.3 Å². The second-order valence-corrected chi connectivity index (χ2v) is 4.03. The first-order chi connectivity index (χ1) is 6.90. The van der Waals surface area contributed by atoms with Gasteiger partial charge in [0, 0.05) is 19.1 Å². The summed E-state index contributed by atoms with van der Waals surface area (Å²) < 4.78 is 0. The summed E-state index contributed by atoms with van der Waals surface area (Å²) in [5, 5.41) is 3.49. The summed E-state index contributed by atoms with van der Waals surface area (Å²) in [6.07, 6.45) is 2.47. The number of piperidine rings is 1. The van der Waals surface area contributed by atoms with Crippen LogP contribution in [0.3, 0.4) is 0 Å². The van der Waals surface area contributed by atoms with E-state index in [1.807, 2.05) is 0 Å². The molecule has 2 nitrogen and oxygen atoms in total. The number of hydrogen-bond donors (Lipinski definition) is 2. The first-order valence-electron chi connectivity index (χ1n) is 5.38. The molecule has 1 heterocycles. The van der Waals surface area contributed by atoms with Gasteiger partial charge in [-0.15, -0.1) is 0 Å². The highest BCUT2D eigenvalue weighted by atomic mass is 14.9. The van der Waals surface area contributed by atoms with Crippen molar-refractivity contribution >= 4 is 0 Å². The van der Waals surface area contributed by atoms with E-state index in [9.17, 15) is 0 Å². The Bertz CT molecular complexity index is 263. The van der Waals surface area contributed by atoms with E-state index in [1.54, 1.807) is 0 Å². The first-order valence-corrected chi connectivity index (χ1v) is 5.38. The lowest BCUT2D eigenvalue weighted by Gasteiger charge is -2.29. The Hall–Kier alpha value is -0.860. The number of nitrogens with two attached hydrogens (primary N) is 1. The predicted molar refractivity (Wildman–Crippen MR) is 59.3 cm³/mol. The van der Waals surface area contributed by atoms with E-state index in [0.29, 0.717) is 12.0 Å². The van der Waals surface area contributed by atoms with E-state index in [0.717, 1.165) is 13.1 Å². The molecule has 2 heteroatoms. The van der Waals surface area contributed by atoms with Crippen LogP contribution in [0.5, 0.6) is 0 Å². The topological polar surface area (TPSA) is 38.0 Å². The van der Waals surface area contributed by atoms with E-state index in [1.165, 1.54) is 18.4 Å². The van der Waals surface area contributed by atoms with E-state index >= 15 is 0 Å². The molecule has 2 rings (SSSR count). The molecule has 0 radical (unpaired) electrons. The Labute approximate surface area is 85.5 Å². The zero-order valence-corrected chi connectivity index (χ0v) is 8.45. The molecule has 2 atom stereocenters. The molecular weight excluding hydrogens is 172 g/mol. The molecule has 14 heavy (non-hydrogen) atoms. The van der Waals surface area contributed by atoms with Crippen molar-refractivity contribution in [1.82, 2.24) is 5.32 Å². The zero-order valence-electron chi connectivity index (χ0n) is 8.45. The van der Waals surface area contributed by atoms with Crippen LogP contribution in [0.4, 0.5) is 0 Å². The van der Waals surface area contributed by atoms with Gasteiger partial charge < -0.3 is 11.1 Å². The molecule has 0 amide bonds. The maximum Gasteiger partial charge on any atom is 0.0190 e. The van der Waals surface area contributed by atoms with Crippen molar-refractivity contribution in [1.29, 1.82) is 0 Å². The van der Waals surface area contributed by atoms with Crippen LogP contribution in [0.2, 0.25) is 0 Å². The van der Waals surface area contributed by atoms with Gasteiger partial charge in [-0.3, -0.25) is 0 Å². The minimum Gasteiger partial charge on any atom is -0.329 e. The summed E-state index contributed by atoms with van der Waals surface area (Å²) in [6, 6.07) is 11.3.